The lowest BCUT2D eigenvalue weighted by Crippen LogP contribution is -2.33. The Balaban J connectivity index is 2.76. The van der Waals surface area contributed by atoms with E-state index in [0.29, 0.717) is 25.1 Å². The number of rotatable bonds is 6. The Labute approximate surface area is 104 Å². The second-order valence-corrected chi connectivity index (χ2v) is 4.64. The zero-order valence-electron chi connectivity index (χ0n) is 11.3. The zero-order chi connectivity index (χ0) is 12.8. The zero-order valence-corrected chi connectivity index (χ0v) is 11.3. The minimum absolute atomic E-state index is 0.312. The quantitative estimate of drug-likeness (QED) is 0.798. The first-order valence-corrected chi connectivity index (χ1v) is 6.28. The van der Waals surface area contributed by atoms with E-state index in [2.05, 4.69) is 32.2 Å². The van der Waals surface area contributed by atoms with Crippen LogP contribution in [-0.2, 0) is 0 Å². The first kappa shape index (κ1) is 13.8. The molecule has 0 aliphatic heterocycles. The fourth-order valence-electron chi connectivity index (χ4n) is 1.77. The van der Waals surface area contributed by atoms with E-state index < -0.39 is 0 Å². The van der Waals surface area contributed by atoms with Crippen molar-refractivity contribution in [1.29, 1.82) is 0 Å². The van der Waals surface area contributed by atoms with Crippen molar-refractivity contribution in [2.45, 2.75) is 33.7 Å². The second-order valence-electron chi connectivity index (χ2n) is 4.64. The van der Waals surface area contributed by atoms with E-state index in [-0.39, 0.29) is 0 Å². The molecule has 0 heterocycles. The molecule has 3 N–H and O–H groups in total. The Morgan fingerprint density at radius 1 is 1.35 bits per heavy atom. The topological polar surface area (TPSA) is 47.3 Å². The molecule has 0 aliphatic rings. The molecule has 0 amide bonds. The number of ether oxygens (including phenoxy) is 1. The summed E-state index contributed by atoms with van der Waals surface area (Å²) in [4.78, 5) is 0. The van der Waals surface area contributed by atoms with Gasteiger partial charge in [0.25, 0.3) is 0 Å². The van der Waals surface area contributed by atoms with Gasteiger partial charge >= 0.3 is 0 Å². The van der Waals surface area contributed by atoms with E-state index >= 15 is 0 Å². The molecule has 0 aliphatic carbocycles. The van der Waals surface area contributed by atoms with Gasteiger partial charge in [-0.05, 0) is 43.5 Å². The lowest BCUT2D eigenvalue weighted by Gasteiger charge is -2.22. The van der Waals surface area contributed by atoms with Crippen LogP contribution in [0.3, 0.4) is 0 Å². The Morgan fingerprint density at radius 3 is 2.53 bits per heavy atom. The second kappa shape index (κ2) is 6.50. The van der Waals surface area contributed by atoms with Crippen LogP contribution in [0.25, 0.3) is 0 Å². The van der Waals surface area contributed by atoms with E-state index in [9.17, 15) is 0 Å². The molecule has 1 aromatic rings. The molecule has 3 heteroatoms. The van der Waals surface area contributed by atoms with Crippen LogP contribution in [0.1, 0.15) is 26.3 Å². The van der Waals surface area contributed by atoms with Gasteiger partial charge < -0.3 is 15.8 Å². The van der Waals surface area contributed by atoms with E-state index in [4.69, 9.17) is 10.5 Å². The molecule has 0 radical (unpaired) electrons. The summed E-state index contributed by atoms with van der Waals surface area (Å²) in [6.07, 6.45) is 0. The van der Waals surface area contributed by atoms with Gasteiger partial charge in [0.1, 0.15) is 5.75 Å². The maximum absolute atomic E-state index is 5.75. The predicted octanol–water partition coefficient (Wildman–Crippen LogP) is 2.79. The Bertz CT molecular complexity index is 350. The molecular weight excluding hydrogens is 212 g/mol. The number of benzene rings is 1. The van der Waals surface area contributed by atoms with E-state index in [1.54, 1.807) is 0 Å². The monoisotopic (exact) mass is 236 g/mol. The molecule has 1 atom stereocenters. The van der Waals surface area contributed by atoms with Crippen molar-refractivity contribution < 1.29 is 4.74 Å². The van der Waals surface area contributed by atoms with Crippen molar-refractivity contribution in [1.82, 2.24) is 0 Å². The summed E-state index contributed by atoms with van der Waals surface area (Å²) in [6, 6.07) is 6.47. The van der Waals surface area contributed by atoms with Crippen molar-refractivity contribution in [3.05, 3.63) is 23.8 Å². The Morgan fingerprint density at radius 2 is 2.06 bits per heavy atom. The molecular formula is C14H24N2O. The SMILES string of the molecule is CCOc1ccc(NC(CN)C(C)C)cc1C. The largest absolute Gasteiger partial charge is 0.494 e. The van der Waals surface area contributed by atoms with Crippen LogP contribution in [0.2, 0.25) is 0 Å². The third-order valence-electron chi connectivity index (χ3n) is 2.89. The average molecular weight is 236 g/mol. The van der Waals surface area contributed by atoms with Gasteiger partial charge in [0.05, 0.1) is 6.61 Å². The minimum atomic E-state index is 0.312. The van der Waals surface area contributed by atoms with Gasteiger partial charge in [0, 0.05) is 18.3 Å². The summed E-state index contributed by atoms with van der Waals surface area (Å²) in [6.45, 7) is 9.74. The minimum Gasteiger partial charge on any atom is -0.494 e. The van der Waals surface area contributed by atoms with Gasteiger partial charge in [0.2, 0.25) is 0 Å². The van der Waals surface area contributed by atoms with Crippen LogP contribution < -0.4 is 15.8 Å². The van der Waals surface area contributed by atoms with Crippen LogP contribution >= 0.6 is 0 Å². The Hall–Kier alpha value is -1.22. The molecule has 0 saturated heterocycles. The highest BCUT2D eigenvalue weighted by Gasteiger charge is 2.11. The molecule has 0 aromatic heterocycles. The van der Waals surface area contributed by atoms with Gasteiger partial charge in [-0.1, -0.05) is 13.8 Å². The van der Waals surface area contributed by atoms with Crippen molar-refractivity contribution in [3.8, 4) is 5.75 Å². The van der Waals surface area contributed by atoms with Crippen molar-refractivity contribution in [2.24, 2.45) is 11.7 Å². The molecule has 1 aromatic carbocycles. The normalized spacial score (nSPS) is 12.6. The molecule has 1 unspecified atom stereocenters. The van der Waals surface area contributed by atoms with Gasteiger partial charge in [0.15, 0.2) is 0 Å². The molecule has 17 heavy (non-hydrogen) atoms. The number of nitrogens with one attached hydrogen (secondary N) is 1. The fraction of sp³-hybridized carbons (Fsp3) is 0.571. The lowest BCUT2D eigenvalue weighted by atomic mass is 10.0. The van der Waals surface area contributed by atoms with Crippen molar-refractivity contribution >= 4 is 5.69 Å². The third-order valence-corrected chi connectivity index (χ3v) is 2.89. The number of hydrogen-bond acceptors (Lipinski definition) is 3. The number of anilines is 1. The van der Waals surface area contributed by atoms with Crippen LogP contribution in [-0.4, -0.2) is 19.2 Å². The highest BCUT2D eigenvalue weighted by atomic mass is 16.5. The summed E-state index contributed by atoms with van der Waals surface area (Å²) in [7, 11) is 0. The van der Waals surface area contributed by atoms with Crippen molar-refractivity contribution in [3.63, 3.8) is 0 Å². The number of nitrogens with two attached hydrogens (primary N) is 1. The molecule has 0 saturated carbocycles. The van der Waals surface area contributed by atoms with E-state index in [1.807, 2.05) is 19.1 Å². The summed E-state index contributed by atoms with van der Waals surface area (Å²) in [5, 5.41) is 3.46. The van der Waals surface area contributed by atoms with Gasteiger partial charge in [-0.2, -0.15) is 0 Å². The molecule has 0 fully saturated rings. The van der Waals surface area contributed by atoms with Crippen LogP contribution in [0.4, 0.5) is 5.69 Å². The van der Waals surface area contributed by atoms with Gasteiger partial charge in [-0.3, -0.25) is 0 Å². The summed E-state index contributed by atoms with van der Waals surface area (Å²) < 4.78 is 5.52. The van der Waals surface area contributed by atoms with Crippen molar-refractivity contribution in [2.75, 3.05) is 18.5 Å². The van der Waals surface area contributed by atoms with E-state index in [0.717, 1.165) is 17.0 Å². The smallest absolute Gasteiger partial charge is 0.122 e. The molecule has 96 valence electrons. The maximum Gasteiger partial charge on any atom is 0.122 e. The molecule has 3 nitrogen and oxygen atoms in total. The number of hydrogen-bond donors (Lipinski definition) is 2. The highest BCUT2D eigenvalue weighted by molar-refractivity contribution is 5.51. The standard InChI is InChI=1S/C14H24N2O/c1-5-17-14-7-6-12(8-11(14)4)16-13(9-15)10(2)3/h6-8,10,13,16H,5,9,15H2,1-4H3. The summed E-state index contributed by atoms with van der Waals surface area (Å²) >= 11 is 0. The molecule has 0 spiro atoms. The van der Waals surface area contributed by atoms with Gasteiger partial charge in [-0.25, -0.2) is 0 Å². The highest BCUT2D eigenvalue weighted by Crippen LogP contribution is 2.23. The Kier molecular flexibility index (Phi) is 5.29. The van der Waals surface area contributed by atoms with Crippen LogP contribution in [0.5, 0.6) is 5.75 Å². The first-order valence-electron chi connectivity index (χ1n) is 6.28. The lowest BCUT2D eigenvalue weighted by molar-refractivity contribution is 0.338. The molecule has 0 bridgehead atoms. The third kappa shape index (κ3) is 3.93. The molecule has 1 rings (SSSR count). The maximum atomic E-state index is 5.75. The van der Waals surface area contributed by atoms with Crippen LogP contribution in [0.15, 0.2) is 18.2 Å². The fourth-order valence-corrected chi connectivity index (χ4v) is 1.77. The van der Waals surface area contributed by atoms with Crippen LogP contribution in [0, 0.1) is 12.8 Å². The summed E-state index contributed by atoms with van der Waals surface area (Å²) in [5.41, 5.74) is 8.01. The van der Waals surface area contributed by atoms with E-state index in [1.165, 1.54) is 0 Å². The first-order chi connectivity index (χ1) is 8.08. The average Bonchev–Trinajstić information content (AvgIpc) is 2.29. The number of aryl methyl sites for hydroxylation is 1. The van der Waals surface area contributed by atoms with Gasteiger partial charge in [-0.15, -0.1) is 0 Å². The summed E-state index contributed by atoms with van der Waals surface area (Å²) in [5.74, 6) is 1.47. The predicted molar refractivity (Wildman–Crippen MR) is 73.7 cm³/mol.